The van der Waals surface area contributed by atoms with Gasteiger partial charge in [-0.3, -0.25) is 11.3 Å². The Morgan fingerprint density at radius 3 is 2.75 bits per heavy atom. The van der Waals surface area contributed by atoms with E-state index in [1.54, 1.807) is 0 Å². The van der Waals surface area contributed by atoms with Crippen LogP contribution in [-0.4, -0.2) is 6.54 Å². The van der Waals surface area contributed by atoms with E-state index >= 15 is 0 Å². The average molecular weight is 113 g/mol. The number of nitrogens with two attached hydrogens (primary N) is 1. The van der Waals surface area contributed by atoms with Crippen LogP contribution in [0.4, 0.5) is 0 Å². The van der Waals surface area contributed by atoms with Crippen molar-refractivity contribution in [2.24, 2.45) is 5.84 Å². The van der Waals surface area contributed by atoms with Gasteiger partial charge in [-0.15, -0.1) is 0 Å². The summed E-state index contributed by atoms with van der Waals surface area (Å²) in [6.45, 7) is 0.807. The Balaban J connectivity index is 2.65. The summed E-state index contributed by atoms with van der Waals surface area (Å²) in [5, 5.41) is 8.06. The van der Waals surface area contributed by atoms with Crippen molar-refractivity contribution >= 4 is 0 Å². The first kappa shape index (κ1) is 7.41. The zero-order valence-corrected chi connectivity index (χ0v) is 4.85. The van der Waals surface area contributed by atoms with Crippen molar-refractivity contribution in [3.05, 3.63) is 0 Å². The number of rotatable bonds is 4. The maximum atomic E-state index is 8.06. The van der Waals surface area contributed by atoms with Gasteiger partial charge in [-0.05, 0) is 12.8 Å². The minimum Gasteiger partial charge on any atom is -0.271 e. The molecule has 3 nitrogen and oxygen atoms in total. The molecule has 0 atom stereocenters. The van der Waals surface area contributed by atoms with E-state index in [0.29, 0.717) is 6.42 Å². The molecule has 0 amide bonds. The van der Waals surface area contributed by atoms with E-state index < -0.39 is 0 Å². The Kier molecular flexibility index (Phi) is 5.94. The summed E-state index contributed by atoms with van der Waals surface area (Å²) in [5.41, 5.74) is 2.52. The molecule has 0 aliphatic heterocycles. The topological polar surface area (TPSA) is 61.8 Å². The van der Waals surface area contributed by atoms with E-state index in [9.17, 15) is 0 Å². The van der Waals surface area contributed by atoms with Gasteiger partial charge < -0.3 is 0 Å². The predicted octanol–water partition coefficient (Wildman–Crippen LogP) is 0.144. The largest absolute Gasteiger partial charge is 0.271 e. The molecule has 0 saturated heterocycles. The molecule has 46 valence electrons. The van der Waals surface area contributed by atoms with E-state index in [1.807, 2.05) is 0 Å². The van der Waals surface area contributed by atoms with Gasteiger partial charge in [-0.1, -0.05) is 0 Å². The monoisotopic (exact) mass is 113 g/mol. The zero-order chi connectivity index (χ0) is 6.24. The second kappa shape index (κ2) is 6.41. The highest BCUT2D eigenvalue weighted by atomic mass is 15.2. The lowest BCUT2D eigenvalue weighted by Gasteiger charge is -1.92. The molecular weight excluding hydrogens is 102 g/mol. The molecule has 0 aliphatic carbocycles. The zero-order valence-electron chi connectivity index (χ0n) is 4.85. The summed E-state index contributed by atoms with van der Waals surface area (Å²) in [7, 11) is 0. The molecule has 0 rings (SSSR count). The molecular formula is C5H11N3. The molecule has 0 heterocycles. The van der Waals surface area contributed by atoms with E-state index in [0.717, 1.165) is 19.4 Å². The SMILES string of the molecule is N#CCCCCNN. The fourth-order valence-corrected chi connectivity index (χ4v) is 0.431. The minimum atomic E-state index is 0.641. The summed E-state index contributed by atoms with van der Waals surface area (Å²) in [6, 6.07) is 2.06. The highest BCUT2D eigenvalue weighted by molar-refractivity contribution is 4.67. The number of nitrogens with one attached hydrogen (secondary N) is 1. The van der Waals surface area contributed by atoms with Crippen molar-refractivity contribution in [2.75, 3.05) is 6.54 Å². The molecule has 8 heavy (non-hydrogen) atoms. The average Bonchev–Trinajstić information content (AvgIpc) is 1.81. The summed E-state index contributed by atoms with van der Waals surface area (Å²) in [5.74, 6) is 4.98. The Morgan fingerprint density at radius 2 is 2.25 bits per heavy atom. The van der Waals surface area contributed by atoms with Crippen LogP contribution in [0.3, 0.4) is 0 Å². The van der Waals surface area contributed by atoms with Gasteiger partial charge in [0.2, 0.25) is 0 Å². The molecule has 0 aliphatic rings. The predicted molar refractivity (Wildman–Crippen MR) is 31.7 cm³/mol. The van der Waals surface area contributed by atoms with Gasteiger partial charge in [0, 0.05) is 13.0 Å². The molecule has 0 fully saturated rings. The fraction of sp³-hybridized carbons (Fsp3) is 0.800. The highest BCUT2D eigenvalue weighted by Crippen LogP contribution is 1.89. The van der Waals surface area contributed by atoms with Gasteiger partial charge in [0.05, 0.1) is 6.07 Å². The van der Waals surface area contributed by atoms with Gasteiger partial charge in [0.15, 0.2) is 0 Å². The van der Waals surface area contributed by atoms with Crippen molar-refractivity contribution in [2.45, 2.75) is 19.3 Å². The van der Waals surface area contributed by atoms with Crippen LogP contribution in [0.1, 0.15) is 19.3 Å². The van der Waals surface area contributed by atoms with Gasteiger partial charge in [-0.2, -0.15) is 5.26 Å². The lowest BCUT2D eigenvalue weighted by molar-refractivity contribution is 0.653. The molecule has 0 unspecified atom stereocenters. The fourth-order valence-electron chi connectivity index (χ4n) is 0.431. The van der Waals surface area contributed by atoms with Crippen molar-refractivity contribution in [1.82, 2.24) is 5.43 Å². The Morgan fingerprint density at radius 1 is 1.50 bits per heavy atom. The first-order valence-corrected chi connectivity index (χ1v) is 2.72. The summed E-state index contributed by atoms with van der Waals surface area (Å²) in [6.07, 6.45) is 2.58. The summed E-state index contributed by atoms with van der Waals surface area (Å²) >= 11 is 0. The van der Waals surface area contributed by atoms with Crippen molar-refractivity contribution in [3.8, 4) is 6.07 Å². The van der Waals surface area contributed by atoms with Gasteiger partial charge in [0.1, 0.15) is 0 Å². The maximum Gasteiger partial charge on any atom is 0.0621 e. The van der Waals surface area contributed by atoms with Crippen LogP contribution in [0.5, 0.6) is 0 Å². The summed E-state index contributed by atoms with van der Waals surface area (Å²) < 4.78 is 0. The standard InChI is InChI=1S/C5H11N3/c6-4-2-1-3-5-8-7/h8H,1-3,5,7H2. The molecule has 0 saturated carbocycles. The number of nitrogens with zero attached hydrogens (tertiary/aromatic N) is 1. The van der Waals surface area contributed by atoms with Gasteiger partial charge in [-0.25, -0.2) is 0 Å². The summed E-state index contributed by atoms with van der Waals surface area (Å²) in [4.78, 5) is 0. The maximum absolute atomic E-state index is 8.06. The van der Waals surface area contributed by atoms with Crippen LogP contribution in [0, 0.1) is 11.3 Å². The minimum absolute atomic E-state index is 0.641. The van der Waals surface area contributed by atoms with Crippen LogP contribution in [0.15, 0.2) is 0 Å². The molecule has 3 heteroatoms. The van der Waals surface area contributed by atoms with E-state index in [-0.39, 0.29) is 0 Å². The lowest BCUT2D eigenvalue weighted by atomic mass is 10.2. The first-order chi connectivity index (χ1) is 3.91. The number of hydrazine groups is 1. The molecule has 0 radical (unpaired) electrons. The van der Waals surface area contributed by atoms with Gasteiger partial charge >= 0.3 is 0 Å². The number of unbranched alkanes of at least 4 members (excludes halogenated alkanes) is 2. The second-order valence-electron chi connectivity index (χ2n) is 1.57. The third-order valence-electron chi connectivity index (χ3n) is 0.860. The van der Waals surface area contributed by atoms with Crippen LogP contribution in [-0.2, 0) is 0 Å². The Hall–Kier alpha value is -0.590. The van der Waals surface area contributed by atoms with Crippen LogP contribution in [0.2, 0.25) is 0 Å². The third kappa shape index (κ3) is 5.41. The van der Waals surface area contributed by atoms with Crippen molar-refractivity contribution in [3.63, 3.8) is 0 Å². The Bertz CT molecular complexity index is 74.2. The van der Waals surface area contributed by atoms with Crippen LogP contribution in [0.25, 0.3) is 0 Å². The number of nitriles is 1. The van der Waals surface area contributed by atoms with Crippen molar-refractivity contribution in [1.29, 1.82) is 5.26 Å². The second-order valence-corrected chi connectivity index (χ2v) is 1.57. The molecule has 0 spiro atoms. The molecule has 0 aromatic heterocycles. The van der Waals surface area contributed by atoms with Crippen LogP contribution < -0.4 is 11.3 Å². The molecule has 0 aromatic rings. The van der Waals surface area contributed by atoms with E-state index in [2.05, 4.69) is 11.5 Å². The highest BCUT2D eigenvalue weighted by Gasteiger charge is 1.82. The van der Waals surface area contributed by atoms with E-state index in [4.69, 9.17) is 11.1 Å². The lowest BCUT2D eigenvalue weighted by Crippen LogP contribution is -2.22. The van der Waals surface area contributed by atoms with Gasteiger partial charge in [0.25, 0.3) is 0 Å². The third-order valence-corrected chi connectivity index (χ3v) is 0.860. The first-order valence-electron chi connectivity index (χ1n) is 2.72. The normalized spacial score (nSPS) is 8.50. The van der Waals surface area contributed by atoms with Crippen LogP contribution >= 0.6 is 0 Å². The molecule has 0 bridgehead atoms. The molecule has 0 aromatic carbocycles. The quantitative estimate of drug-likeness (QED) is 0.310. The van der Waals surface area contributed by atoms with E-state index in [1.165, 1.54) is 0 Å². The smallest absolute Gasteiger partial charge is 0.0621 e. The number of hydrogen-bond acceptors (Lipinski definition) is 3. The Labute approximate surface area is 49.5 Å². The molecule has 3 N–H and O–H groups in total. The van der Waals surface area contributed by atoms with Crippen molar-refractivity contribution < 1.29 is 0 Å². The number of hydrogen-bond donors (Lipinski definition) is 2.